The zero-order valence-corrected chi connectivity index (χ0v) is 27.9. The van der Waals surface area contributed by atoms with Gasteiger partial charge < -0.3 is 24.3 Å². The summed E-state index contributed by atoms with van der Waals surface area (Å²) in [6.45, 7) is 5.54. The molecule has 0 bridgehead atoms. The SMILES string of the molecule is CCOC(=O)c1[nH]c2c(-c3c(COCC4(CCO)CC4)nn(C)c3CC)c(Cl)ccc2c1CCCOc1cccc2cc(F)ccc12. The summed E-state index contributed by atoms with van der Waals surface area (Å²) in [5, 5.41) is 17.4. The Balaban J connectivity index is 1.32. The van der Waals surface area contributed by atoms with E-state index >= 15 is 0 Å². The van der Waals surface area contributed by atoms with Crippen molar-refractivity contribution < 1.29 is 28.5 Å². The first-order valence-corrected chi connectivity index (χ1v) is 16.7. The van der Waals surface area contributed by atoms with Crippen molar-refractivity contribution in [2.24, 2.45) is 12.5 Å². The third-order valence-electron chi connectivity index (χ3n) is 9.21. The standard InChI is InChI=1S/C37H41ClFN3O5/c1-4-30-33(29(41-42(30)3)21-45-22-37(15-16-37)17-18-43)32-28(38)14-13-27-26(35(40-34(27)32)36(44)46-5-2)9-7-19-47-31-10-6-8-23-20-24(39)11-12-25(23)31/h6,8,10-14,20,40,43H,4-5,7,9,15-19,21-22H2,1-3H3. The first-order valence-electron chi connectivity index (χ1n) is 16.3. The summed E-state index contributed by atoms with van der Waals surface area (Å²) in [4.78, 5) is 16.7. The molecule has 2 N–H and O–H groups in total. The van der Waals surface area contributed by atoms with Gasteiger partial charge in [0, 0.05) is 41.2 Å². The van der Waals surface area contributed by atoms with Crippen molar-refractivity contribution in [1.82, 2.24) is 14.8 Å². The molecule has 1 aliphatic rings. The third-order valence-corrected chi connectivity index (χ3v) is 9.53. The molecular formula is C37H41ClFN3O5. The molecule has 2 heterocycles. The summed E-state index contributed by atoms with van der Waals surface area (Å²) in [6, 6.07) is 14.0. The summed E-state index contributed by atoms with van der Waals surface area (Å²) in [5.74, 6) is -0.0352. The Morgan fingerprint density at radius 1 is 1.13 bits per heavy atom. The van der Waals surface area contributed by atoms with Crippen LogP contribution in [0.2, 0.25) is 5.02 Å². The van der Waals surface area contributed by atoms with Crippen molar-refractivity contribution in [2.75, 3.05) is 26.4 Å². The molecule has 6 rings (SSSR count). The number of hydrogen-bond donors (Lipinski definition) is 2. The van der Waals surface area contributed by atoms with E-state index in [4.69, 9.17) is 30.9 Å². The van der Waals surface area contributed by atoms with Gasteiger partial charge in [-0.15, -0.1) is 0 Å². The average molecular weight is 662 g/mol. The van der Waals surface area contributed by atoms with Crippen molar-refractivity contribution >= 4 is 39.2 Å². The normalized spacial score (nSPS) is 13.8. The van der Waals surface area contributed by atoms with Gasteiger partial charge in [0.15, 0.2) is 0 Å². The number of benzene rings is 3. The number of aryl methyl sites for hydroxylation is 2. The van der Waals surface area contributed by atoms with E-state index in [1.807, 2.05) is 42.1 Å². The fourth-order valence-corrected chi connectivity index (χ4v) is 6.87. The van der Waals surface area contributed by atoms with Gasteiger partial charge in [0.05, 0.1) is 42.7 Å². The molecule has 248 valence electrons. The van der Waals surface area contributed by atoms with Gasteiger partial charge in [0.1, 0.15) is 17.3 Å². The second-order valence-corrected chi connectivity index (χ2v) is 12.7. The van der Waals surface area contributed by atoms with Gasteiger partial charge in [0.2, 0.25) is 0 Å². The number of aliphatic hydroxyl groups excluding tert-OH is 1. The Labute approximate surface area is 278 Å². The molecule has 0 saturated heterocycles. The maximum atomic E-state index is 13.8. The summed E-state index contributed by atoms with van der Waals surface area (Å²) < 4.78 is 33.5. The van der Waals surface area contributed by atoms with Crippen molar-refractivity contribution in [3.05, 3.63) is 82.0 Å². The van der Waals surface area contributed by atoms with Crippen LogP contribution in [0.25, 0.3) is 32.8 Å². The molecule has 1 fully saturated rings. The lowest BCUT2D eigenvalue weighted by molar-refractivity contribution is 0.0519. The first kappa shape index (κ1) is 33.0. The zero-order chi connectivity index (χ0) is 33.1. The van der Waals surface area contributed by atoms with Crippen LogP contribution >= 0.6 is 11.6 Å². The number of carbonyl (C=O) groups is 1. The maximum Gasteiger partial charge on any atom is 0.355 e. The highest BCUT2D eigenvalue weighted by atomic mass is 35.5. The number of rotatable bonds is 15. The second kappa shape index (κ2) is 14.1. The number of halogens is 2. The van der Waals surface area contributed by atoms with Crippen molar-refractivity contribution in [3.63, 3.8) is 0 Å². The van der Waals surface area contributed by atoms with E-state index in [1.54, 1.807) is 13.0 Å². The third kappa shape index (κ3) is 6.75. The molecule has 0 radical (unpaired) electrons. The van der Waals surface area contributed by atoms with Crippen LogP contribution in [0.5, 0.6) is 5.75 Å². The largest absolute Gasteiger partial charge is 0.493 e. The van der Waals surface area contributed by atoms with Crippen LogP contribution in [0, 0.1) is 11.2 Å². The first-order chi connectivity index (χ1) is 22.8. The van der Waals surface area contributed by atoms with E-state index in [0.717, 1.165) is 75.4 Å². The Morgan fingerprint density at radius 3 is 2.68 bits per heavy atom. The quantitative estimate of drug-likeness (QED) is 0.0873. The van der Waals surface area contributed by atoms with E-state index in [1.165, 1.54) is 12.1 Å². The second-order valence-electron chi connectivity index (χ2n) is 12.3. The van der Waals surface area contributed by atoms with Crippen molar-refractivity contribution in [2.45, 2.75) is 59.0 Å². The van der Waals surface area contributed by atoms with Crippen LogP contribution in [-0.2, 0) is 36.0 Å². The van der Waals surface area contributed by atoms with E-state index in [-0.39, 0.29) is 24.4 Å². The number of aromatic amines is 1. The molecule has 0 atom stereocenters. The lowest BCUT2D eigenvalue weighted by atomic mass is 9.97. The van der Waals surface area contributed by atoms with Gasteiger partial charge in [-0.3, -0.25) is 4.68 Å². The van der Waals surface area contributed by atoms with Crippen LogP contribution in [-0.4, -0.2) is 52.3 Å². The van der Waals surface area contributed by atoms with Crippen molar-refractivity contribution in [3.8, 4) is 16.9 Å². The minimum absolute atomic E-state index is 0.0626. The molecule has 0 spiro atoms. The van der Waals surface area contributed by atoms with Gasteiger partial charge in [-0.05, 0) is 92.1 Å². The number of aliphatic hydroxyl groups is 1. The molecule has 0 unspecified atom stereocenters. The van der Waals surface area contributed by atoms with Crippen LogP contribution in [0.4, 0.5) is 4.39 Å². The van der Waals surface area contributed by atoms with Crippen LogP contribution in [0.1, 0.15) is 67.0 Å². The molecule has 2 aromatic heterocycles. The van der Waals surface area contributed by atoms with E-state index < -0.39 is 5.97 Å². The molecule has 5 aromatic rings. The Morgan fingerprint density at radius 2 is 1.94 bits per heavy atom. The molecule has 10 heteroatoms. The highest BCUT2D eigenvalue weighted by Crippen LogP contribution is 2.49. The fraction of sp³-hybridized carbons (Fsp3) is 0.405. The molecule has 8 nitrogen and oxygen atoms in total. The number of fused-ring (bicyclic) bond motifs is 2. The molecule has 1 saturated carbocycles. The molecule has 0 amide bonds. The predicted octanol–water partition coefficient (Wildman–Crippen LogP) is 7.94. The number of ether oxygens (including phenoxy) is 3. The Kier molecular flexibility index (Phi) is 9.87. The Bertz CT molecular complexity index is 1910. The van der Waals surface area contributed by atoms with Gasteiger partial charge in [-0.1, -0.05) is 36.7 Å². The molecule has 47 heavy (non-hydrogen) atoms. The zero-order valence-electron chi connectivity index (χ0n) is 27.1. The number of aromatic nitrogens is 3. The highest BCUT2D eigenvalue weighted by Gasteiger charge is 2.42. The van der Waals surface area contributed by atoms with Crippen LogP contribution < -0.4 is 4.74 Å². The number of nitrogens with one attached hydrogen (secondary N) is 1. The fourth-order valence-electron chi connectivity index (χ4n) is 6.62. The number of hydrogen-bond acceptors (Lipinski definition) is 6. The number of esters is 1. The van der Waals surface area contributed by atoms with Crippen molar-refractivity contribution in [1.29, 1.82) is 0 Å². The summed E-state index contributed by atoms with van der Waals surface area (Å²) >= 11 is 6.97. The van der Waals surface area contributed by atoms with Crippen LogP contribution in [0.3, 0.4) is 0 Å². The summed E-state index contributed by atoms with van der Waals surface area (Å²) in [6.07, 6.45) is 4.74. The van der Waals surface area contributed by atoms with Gasteiger partial charge in [-0.25, -0.2) is 9.18 Å². The minimum atomic E-state index is -0.429. The number of carbonyl (C=O) groups excluding carboxylic acids is 1. The van der Waals surface area contributed by atoms with Gasteiger partial charge in [0.25, 0.3) is 0 Å². The smallest absolute Gasteiger partial charge is 0.355 e. The lowest BCUT2D eigenvalue weighted by Crippen LogP contribution is -2.12. The van der Waals surface area contributed by atoms with Gasteiger partial charge >= 0.3 is 5.97 Å². The van der Waals surface area contributed by atoms with Gasteiger partial charge in [-0.2, -0.15) is 5.10 Å². The summed E-state index contributed by atoms with van der Waals surface area (Å²) in [7, 11) is 1.92. The average Bonchev–Trinajstić information content (AvgIpc) is 3.60. The molecule has 1 aliphatic carbocycles. The summed E-state index contributed by atoms with van der Waals surface area (Å²) in [5.41, 5.74) is 5.49. The molecule has 0 aliphatic heterocycles. The topological polar surface area (TPSA) is 98.6 Å². The number of nitrogens with zero attached hydrogens (tertiary/aromatic N) is 2. The Hall–Kier alpha value is -3.92. The monoisotopic (exact) mass is 661 g/mol. The van der Waals surface area contributed by atoms with E-state index in [0.29, 0.717) is 49.1 Å². The van der Waals surface area contributed by atoms with E-state index in [2.05, 4.69) is 11.9 Å². The maximum absolute atomic E-state index is 13.8. The van der Waals surface area contributed by atoms with Crippen LogP contribution in [0.15, 0.2) is 48.5 Å². The lowest BCUT2D eigenvalue weighted by Gasteiger charge is -2.14. The molecule has 3 aromatic carbocycles. The minimum Gasteiger partial charge on any atom is -0.493 e. The highest BCUT2D eigenvalue weighted by molar-refractivity contribution is 6.35. The predicted molar refractivity (Wildman–Crippen MR) is 182 cm³/mol. The molecular weight excluding hydrogens is 621 g/mol. The number of H-pyrrole nitrogens is 1. The van der Waals surface area contributed by atoms with E-state index in [9.17, 15) is 14.3 Å².